The van der Waals surface area contributed by atoms with Gasteiger partial charge in [-0.3, -0.25) is 0 Å². The average molecular weight is 358 g/mol. The van der Waals surface area contributed by atoms with Crippen LogP contribution in [0.5, 0.6) is 0 Å². The summed E-state index contributed by atoms with van der Waals surface area (Å²) in [6, 6.07) is 9.52. The third kappa shape index (κ3) is 4.07. The Balaban J connectivity index is 2.62. The SMILES string of the molecule is COC(=O)c1c(C)cc(-c2ccc(N(C)C)cc2)n1C(=O)OC(C)(C)C. The van der Waals surface area contributed by atoms with E-state index in [9.17, 15) is 9.59 Å². The second-order valence-corrected chi connectivity index (χ2v) is 7.31. The molecule has 6 nitrogen and oxygen atoms in total. The maximum Gasteiger partial charge on any atom is 0.419 e. The number of rotatable bonds is 3. The Morgan fingerprint density at radius 1 is 1.08 bits per heavy atom. The first kappa shape index (κ1) is 19.6. The van der Waals surface area contributed by atoms with Gasteiger partial charge in [-0.1, -0.05) is 12.1 Å². The fraction of sp³-hybridized carbons (Fsp3) is 0.400. The molecule has 0 amide bonds. The van der Waals surface area contributed by atoms with Crippen LogP contribution in [0.2, 0.25) is 0 Å². The van der Waals surface area contributed by atoms with Crippen molar-refractivity contribution in [3.05, 3.63) is 41.6 Å². The zero-order valence-corrected chi connectivity index (χ0v) is 16.4. The standard InChI is InChI=1S/C20H26N2O4/c1-13-12-16(14-8-10-15(11-9-14)21(5)6)22(17(13)18(23)25-7)19(24)26-20(2,3)4/h8-12H,1-7H3. The van der Waals surface area contributed by atoms with Crippen molar-refractivity contribution in [3.63, 3.8) is 0 Å². The lowest BCUT2D eigenvalue weighted by Gasteiger charge is -2.21. The maximum absolute atomic E-state index is 12.8. The van der Waals surface area contributed by atoms with Gasteiger partial charge in [-0.2, -0.15) is 0 Å². The first-order chi connectivity index (χ1) is 12.0. The highest BCUT2D eigenvalue weighted by atomic mass is 16.6. The van der Waals surface area contributed by atoms with Gasteiger partial charge in [-0.05, 0) is 57.0 Å². The molecule has 1 heterocycles. The normalized spacial score (nSPS) is 11.2. The molecule has 0 atom stereocenters. The van der Waals surface area contributed by atoms with E-state index >= 15 is 0 Å². The van der Waals surface area contributed by atoms with Crippen LogP contribution in [0.25, 0.3) is 11.3 Å². The number of carbonyl (C=O) groups excluding carboxylic acids is 2. The van der Waals surface area contributed by atoms with E-state index in [0.717, 1.165) is 11.3 Å². The summed E-state index contributed by atoms with van der Waals surface area (Å²) >= 11 is 0. The predicted octanol–water partition coefficient (Wildman–Crippen LogP) is 4.10. The van der Waals surface area contributed by atoms with Gasteiger partial charge in [0.25, 0.3) is 0 Å². The molecule has 0 aliphatic rings. The van der Waals surface area contributed by atoms with Gasteiger partial charge in [0, 0.05) is 19.8 Å². The smallest absolute Gasteiger partial charge is 0.419 e. The number of benzene rings is 1. The summed E-state index contributed by atoms with van der Waals surface area (Å²) < 4.78 is 11.7. The molecule has 0 saturated carbocycles. The molecule has 0 N–H and O–H groups in total. The van der Waals surface area contributed by atoms with Crippen LogP contribution in [0.1, 0.15) is 36.8 Å². The summed E-state index contributed by atoms with van der Waals surface area (Å²) in [6.07, 6.45) is -0.613. The second-order valence-electron chi connectivity index (χ2n) is 7.31. The minimum Gasteiger partial charge on any atom is -0.464 e. The van der Waals surface area contributed by atoms with Crippen LogP contribution in [0, 0.1) is 6.92 Å². The van der Waals surface area contributed by atoms with Crippen LogP contribution in [0.4, 0.5) is 10.5 Å². The molecule has 6 heteroatoms. The van der Waals surface area contributed by atoms with Crippen molar-refractivity contribution in [1.29, 1.82) is 0 Å². The first-order valence-electron chi connectivity index (χ1n) is 8.37. The number of hydrogen-bond donors (Lipinski definition) is 0. The number of aromatic nitrogens is 1. The molecule has 26 heavy (non-hydrogen) atoms. The Hall–Kier alpha value is -2.76. The number of esters is 1. The van der Waals surface area contributed by atoms with Crippen LogP contribution in [-0.4, -0.2) is 43.4 Å². The lowest BCUT2D eigenvalue weighted by molar-refractivity contribution is 0.0485. The van der Waals surface area contributed by atoms with Crippen molar-refractivity contribution in [2.75, 3.05) is 26.1 Å². The number of hydrogen-bond acceptors (Lipinski definition) is 5. The molecule has 0 unspecified atom stereocenters. The average Bonchev–Trinajstić information content (AvgIpc) is 2.90. The largest absolute Gasteiger partial charge is 0.464 e. The highest BCUT2D eigenvalue weighted by molar-refractivity contribution is 5.96. The number of methoxy groups -OCH3 is 1. The van der Waals surface area contributed by atoms with Crippen LogP contribution in [0.3, 0.4) is 0 Å². The summed E-state index contributed by atoms with van der Waals surface area (Å²) in [5.74, 6) is -0.579. The second kappa shape index (κ2) is 7.23. The topological polar surface area (TPSA) is 60.8 Å². The van der Waals surface area contributed by atoms with E-state index in [1.165, 1.54) is 11.7 Å². The van der Waals surface area contributed by atoms with Crippen molar-refractivity contribution in [3.8, 4) is 11.3 Å². The number of nitrogens with zero attached hydrogens (tertiary/aromatic N) is 2. The number of carbonyl (C=O) groups is 2. The summed E-state index contributed by atoms with van der Waals surface area (Å²) in [5, 5.41) is 0. The Labute approximate surface area is 154 Å². The molecular formula is C20H26N2O4. The molecular weight excluding hydrogens is 332 g/mol. The zero-order chi connectivity index (χ0) is 19.6. The Bertz CT molecular complexity index is 812. The maximum atomic E-state index is 12.8. The molecule has 1 aromatic heterocycles. The highest BCUT2D eigenvalue weighted by Crippen LogP contribution is 2.29. The van der Waals surface area contributed by atoms with Crippen molar-refractivity contribution in [2.45, 2.75) is 33.3 Å². The molecule has 0 radical (unpaired) electrons. The van der Waals surface area contributed by atoms with Gasteiger partial charge in [0.2, 0.25) is 0 Å². The molecule has 0 saturated heterocycles. The molecule has 2 rings (SSSR count). The van der Waals surface area contributed by atoms with Gasteiger partial charge in [-0.25, -0.2) is 14.2 Å². The quantitative estimate of drug-likeness (QED) is 0.773. The summed E-state index contributed by atoms with van der Waals surface area (Å²) in [6.45, 7) is 7.12. The van der Waals surface area contributed by atoms with Crippen LogP contribution in [0.15, 0.2) is 30.3 Å². The van der Waals surface area contributed by atoms with Crippen LogP contribution < -0.4 is 4.90 Å². The van der Waals surface area contributed by atoms with Gasteiger partial charge in [0.1, 0.15) is 11.3 Å². The van der Waals surface area contributed by atoms with Crippen molar-refractivity contribution < 1.29 is 19.1 Å². The molecule has 0 aliphatic heterocycles. The van der Waals surface area contributed by atoms with Gasteiger partial charge in [0.05, 0.1) is 12.8 Å². The Kier molecular flexibility index (Phi) is 5.44. The lowest BCUT2D eigenvalue weighted by atomic mass is 10.1. The lowest BCUT2D eigenvalue weighted by Crippen LogP contribution is -2.29. The molecule has 0 spiro atoms. The van der Waals surface area contributed by atoms with Crippen molar-refractivity contribution in [2.24, 2.45) is 0 Å². The van der Waals surface area contributed by atoms with E-state index in [2.05, 4.69) is 0 Å². The van der Waals surface area contributed by atoms with E-state index in [1.54, 1.807) is 33.8 Å². The fourth-order valence-electron chi connectivity index (χ4n) is 2.62. The number of anilines is 1. The van der Waals surface area contributed by atoms with Crippen LogP contribution in [-0.2, 0) is 9.47 Å². The Morgan fingerprint density at radius 2 is 1.65 bits per heavy atom. The number of aryl methyl sites for hydroxylation is 1. The fourth-order valence-corrected chi connectivity index (χ4v) is 2.62. The molecule has 0 fully saturated rings. The van der Waals surface area contributed by atoms with Crippen molar-refractivity contribution >= 4 is 17.7 Å². The van der Waals surface area contributed by atoms with Crippen molar-refractivity contribution in [1.82, 2.24) is 4.57 Å². The van der Waals surface area contributed by atoms with Gasteiger partial charge >= 0.3 is 12.1 Å². The minimum atomic E-state index is -0.686. The monoisotopic (exact) mass is 358 g/mol. The zero-order valence-electron chi connectivity index (χ0n) is 16.4. The third-order valence-corrected chi connectivity index (χ3v) is 3.83. The first-order valence-corrected chi connectivity index (χ1v) is 8.37. The minimum absolute atomic E-state index is 0.174. The molecule has 1 aromatic carbocycles. The predicted molar refractivity (Wildman–Crippen MR) is 102 cm³/mol. The van der Waals surface area contributed by atoms with E-state index in [1.807, 2.05) is 43.3 Å². The molecule has 140 valence electrons. The molecule has 0 bridgehead atoms. The van der Waals surface area contributed by atoms with Gasteiger partial charge < -0.3 is 14.4 Å². The number of ether oxygens (including phenoxy) is 2. The molecule has 2 aromatic rings. The van der Waals surface area contributed by atoms with E-state index < -0.39 is 17.7 Å². The van der Waals surface area contributed by atoms with Gasteiger partial charge in [-0.15, -0.1) is 0 Å². The van der Waals surface area contributed by atoms with E-state index in [0.29, 0.717) is 11.3 Å². The summed E-state index contributed by atoms with van der Waals surface area (Å²) in [7, 11) is 5.20. The highest BCUT2D eigenvalue weighted by Gasteiger charge is 2.28. The third-order valence-electron chi connectivity index (χ3n) is 3.83. The van der Waals surface area contributed by atoms with Crippen LogP contribution >= 0.6 is 0 Å². The summed E-state index contributed by atoms with van der Waals surface area (Å²) in [4.78, 5) is 27.1. The van der Waals surface area contributed by atoms with Gasteiger partial charge in [0.15, 0.2) is 0 Å². The van der Waals surface area contributed by atoms with E-state index in [-0.39, 0.29) is 5.69 Å². The summed E-state index contributed by atoms with van der Waals surface area (Å²) in [5.41, 5.74) is 2.56. The Morgan fingerprint density at radius 3 is 2.12 bits per heavy atom. The molecule has 0 aliphatic carbocycles. The van der Waals surface area contributed by atoms with E-state index in [4.69, 9.17) is 9.47 Å².